The fraction of sp³-hybridized carbons (Fsp3) is 0.936. The van der Waals surface area contributed by atoms with E-state index in [1.54, 1.807) is 13.8 Å². The first-order chi connectivity index (χ1) is 28.3. The van der Waals surface area contributed by atoms with Gasteiger partial charge in [-0.3, -0.25) is 14.5 Å². The molecular weight excluding hydrogens is 749 g/mol. The zero-order chi connectivity index (χ0) is 43.1. The monoisotopic (exact) mass is 843 g/mol. The summed E-state index contributed by atoms with van der Waals surface area (Å²) in [5.74, 6) is 0.262. The van der Waals surface area contributed by atoms with Crippen molar-refractivity contribution in [2.24, 2.45) is 0 Å². The van der Waals surface area contributed by atoms with Crippen molar-refractivity contribution in [1.29, 1.82) is 5.26 Å². The van der Waals surface area contributed by atoms with Crippen molar-refractivity contribution in [3.63, 3.8) is 0 Å². The van der Waals surface area contributed by atoms with Crippen molar-refractivity contribution in [3.8, 4) is 6.07 Å². The molecule has 0 unspecified atom stereocenters. The Morgan fingerprint density at radius 2 is 0.741 bits per heavy atom. The second kappa shape index (κ2) is 47.9. The van der Waals surface area contributed by atoms with Crippen LogP contribution in [0.1, 0.15) is 240 Å². The fourth-order valence-electron chi connectivity index (χ4n) is 7.06. The van der Waals surface area contributed by atoms with E-state index in [2.05, 4.69) is 43.8 Å². The summed E-state index contributed by atoms with van der Waals surface area (Å²) in [4.78, 5) is 26.8. The lowest BCUT2D eigenvalue weighted by molar-refractivity contribution is -0.121. The molecule has 344 valence electrons. The van der Waals surface area contributed by atoms with Crippen LogP contribution >= 0.6 is 0 Å². The lowest BCUT2D eigenvalue weighted by atomic mass is 10.0. The highest BCUT2D eigenvalue weighted by molar-refractivity contribution is 7.81. The number of hydrogen-bond acceptors (Lipinski definition) is 8. The Labute approximate surface area is 359 Å². The zero-order valence-electron chi connectivity index (χ0n) is 38.5. The van der Waals surface area contributed by atoms with Gasteiger partial charge in [-0.15, -0.1) is 0 Å². The molecule has 0 aliphatic carbocycles. The summed E-state index contributed by atoms with van der Waals surface area (Å²) in [6.45, 7) is 11.2. The maximum Gasteiger partial charge on any atom is 0.399 e. The minimum Gasteiger partial charge on any atom is -0.355 e. The quantitative estimate of drug-likeness (QED) is 0.0578. The number of carbonyl (C=O) groups is 2. The summed E-state index contributed by atoms with van der Waals surface area (Å²) in [5, 5.41) is 15.2. The molecular formula is C47H94N4O6S. The summed E-state index contributed by atoms with van der Waals surface area (Å²) >= 11 is 0. The van der Waals surface area contributed by atoms with Gasteiger partial charge in [0.15, 0.2) is 0 Å². The van der Waals surface area contributed by atoms with Crippen molar-refractivity contribution < 1.29 is 26.4 Å². The van der Waals surface area contributed by atoms with Crippen LogP contribution in [0.25, 0.3) is 0 Å². The highest BCUT2D eigenvalue weighted by Gasteiger charge is 2.09. The molecule has 0 aromatic carbocycles. The van der Waals surface area contributed by atoms with E-state index in [0.29, 0.717) is 52.0 Å². The molecule has 11 heteroatoms. The summed E-state index contributed by atoms with van der Waals surface area (Å²) in [6.07, 6.45) is 41.5. The van der Waals surface area contributed by atoms with Crippen LogP contribution in [0.3, 0.4) is 0 Å². The zero-order valence-corrected chi connectivity index (χ0v) is 39.4. The number of carbonyl (C=O) groups excluding carboxylic acids is 2. The van der Waals surface area contributed by atoms with E-state index in [-0.39, 0.29) is 25.0 Å². The number of unbranched alkanes of at least 4 members (excludes halogenated alkanes) is 28. The predicted octanol–water partition coefficient (Wildman–Crippen LogP) is 12.3. The largest absolute Gasteiger partial charge is 0.399 e. The number of amides is 2. The molecule has 0 aliphatic heterocycles. The standard InChI is InChI=1S/C43H84N4O2.C4H10O4S/c1-3-5-7-9-11-13-15-17-19-21-23-25-27-29-31-34-42(48)45-37-40-47(39-33-36-44)41-38-46-43(49)35-32-30-28-26-24-22-20-18-16-14-12-10-8-6-4-2;1-3-7-9(5,6)8-4-2/h3-35,37-41H2,1-2H3,(H,45,48)(H,46,49);3-4H2,1-2H3. The smallest absolute Gasteiger partial charge is 0.355 e. The minimum absolute atomic E-state index is 0.113. The molecule has 0 aromatic heterocycles. The van der Waals surface area contributed by atoms with Crippen molar-refractivity contribution in [2.45, 2.75) is 240 Å². The third-order valence-corrected chi connectivity index (χ3v) is 11.6. The van der Waals surface area contributed by atoms with Crippen LogP contribution in [0.15, 0.2) is 0 Å². The van der Waals surface area contributed by atoms with Gasteiger partial charge in [-0.2, -0.15) is 13.7 Å². The lowest BCUT2D eigenvalue weighted by Gasteiger charge is -2.21. The molecule has 0 heterocycles. The molecule has 2 N–H and O–H groups in total. The number of nitriles is 1. The minimum atomic E-state index is -3.68. The lowest BCUT2D eigenvalue weighted by Crippen LogP contribution is -2.40. The van der Waals surface area contributed by atoms with Gasteiger partial charge in [0.25, 0.3) is 0 Å². The topological polar surface area (TPSA) is 138 Å². The first-order valence-corrected chi connectivity index (χ1v) is 25.8. The van der Waals surface area contributed by atoms with Crippen molar-refractivity contribution in [1.82, 2.24) is 15.5 Å². The Morgan fingerprint density at radius 1 is 0.466 bits per heavy atom. The molecule has 2 amide bonds. The van der Waals surface area contributed by atoms with E-state index in [0.717, 1.165) is 25.7 Å². The van der Waals surface area contributed by atoms with Crippen molar-refractivity contribution >= 4 is 22.2 Å². The van der Waals surface area contributed by atoms with Gasteiger partial charge in [0.1, 0.15) is 0 Å². The third kappa shape index (κ3) is 48.6. The number of nitrogens with one attached hydrogen (secondary N) is 2. The van der Waals surface area contributed by atoms with Crippen LogP contribution in [-0.4, -0.2) is 71.1 Å². The molecule has 0 saturated carbocycles. The molecule has 0 saturated heterocycles. The Morgan fingerprint density at radius 3 is 1.00 bits per heavy atom. The second-order valence-electron chi connectivity index (χ2n) is 16.1. The van der Waals surface area contributed by atoms with E-state index >= 15 is 0 Å². The first-order valence-electron chi connectivity index (χ1n) is 24.4. The highest BCUT2D eigenvalue weighted by Crippen LogP contribution is 2.15. The van der Waals surface area contributed by atoms with Gasteiger partial charge < -0.3 is 10.6 Å². The molecule has 58 heavy (non-hydrogen) atoms. The summed E-state index contributed by atoms with van der Waals surface area (Å²) in [5.41, 5.74) is 0. The van der Waals surface area contributed by atoms with E-state index < -0.39 is 10.4 Å². The van der Waals surface area contributed by atoms with Gasteiger partial charge in [0.2, 0.25) is 11.8 Å². The maximum absolute atomic E-state index is 12.3. The normalized spacial score (nSPS) is 11.3. The van der Waals surface area contributed by atoms with E-state index in [1.807, 2.05) is 0 Å². The Kier molecular flexibility index (Phi) is 48.2. The van der Waals surface area contributed by atoms with Gasteiger partial charge in [-0.05, 0) is 26.7 Å². The summed E-state index contributed by atoms with van der Waals surface area (Å²) < 4.78 is 29.2. The van der Waals surface area contributed by atoms with E-state index in [4.69, 9.17) is 5.26 Å². The number of hydrogen-bond donors (Lipinski definition) is 2. The van der Waals surface area contributed by atoms with Gasteiger partial charge in [0.05, 0.1) is 19.3 Å². The van der Waals surface area contributed by atoms with Crippen LogP contribution in [0.4, 0.5) is 0 Å². The van der Waals surface area contributed by atoms with Crippen LogP contribution < -0.4 is 10.6 Å². The van der Waals surface area contributed by atoms with Crippen LogP contribution in [0.2, 0.25) is 0 Å². The molecule has 0 fully saturated rings. The number of rotatable bonds is 44. The molecule has 10 nitrogen and oxygen atoms in total. The van der Waals surface area contributed by atoms with Crippen molar-refractivity contribution in [2.75, 3.05) is 45.9 Å². The van der Waals surface area contributed by atoms with Crippen LogP contribution in [-0.2, 0) is 28.4 Å². The maximum atomic E-state index is 12.3. The average molecular weight is 843 g/mol. The van der Waals surface area contributed by atoms with E-state index in [9.17, 15) is 18.0 Å². The SMILES string of the molecule is CCCCCCCCCCCCCCCCCC(=O)NCCN(CCC#N)CCNC(=O)CCCCCCCCCCCCCCCCC.CCOS(=O)(=O)OCC. The molecule has 0 atom stereocenters. The first kappa shape index (κ1) is 58.4. The third-order valence-electron chi connectivity index (χ3n) is 10.6. The second-order valence-corrected chi connectivity index (χ2v) is 17.4. The van der Waals surface area contributed by atoms with Gasteiger partial charge in [0, 0.05) is 52.0 Å². The van der Waals surface area contributed by atoms with Crippen LogP contribution in [0, 0.1) is 11.3 Å². The molecule has 0 bridgehead atoms. The van der Waals surface area contributed by atoms with Gasteiger partial charge >= 0.3 is 10.4 Å². The Bertz CT molecular complexity index is 959. The Hall–Kier alpha value is -1.74. The molecule has 0 aliphatic rings. The van der Waals surface area contributed by atoms with Gasteiger partial charge in [-0.1, -0.05) is 194 Å². The Balaban J connectivity index is 0. The molecule has 0 radical (unpaired) electrons. The highest BCUT2D eigenvalue weighted by atomic mass is 32.3. The summed E-state index contributed by atoms with van der Waals surface area (Å²) in [7, 11) is -3.68. The molecule has 0 aromatic rings. The average Bonchev–Trinajstić information content (AvgIpc) is 3.19. The van der Waals surface area contributed by atoms with Gasteiger partial charge in [-0.25, -0.2) is 8.37 Å². The molecule has 0 rings (SSSR count). The van der Waals surface area contributed by atoms with E-state index in [1.165, 1.54) is 167 Å². The summed E-state index contributed by atoms with van der Waals surface area (Å²) in [6, 6.07) is 2.22. The molecule has 0 spiro atoms. The van der Waals surface area contributed by atoms with Crippen LogP contribution in [0.5, 0.6) is 0 Å². The fourth-order valence-corrected chi connectivity index (χ4v) is 7.71. The number of nitrogens with zero attached hydrogens (tertiary/aromatic N) is 2. The van der Waals surface area contributed by atoms with Crippen molar-refractivity contribution in [3.05, 3.63) is 0 Å². The predicted molar refractivity (Wildman–Crippen MR) is 244 cm³/mol.